The molecule has 1 heterocycles. The number of pyridine rings is 1. The second-order valence-corrected chi connectivity index (χ2v) is 3.96. The van der Waals surface area contributed by atoms with Gasteiger partial charge in [-0.2, -0.15) is 5.10 Å². The Morgan fingerprint density at radius 2 is 2.19 bits per heavy atom. The monoisotopic (exact) mass is 288 g/mol. The third kappa shape index (κ3) is 2.59. The fourth-order valence-corrected chi connectivity index (χ4v) is 1.86. The number of benzene rings is 1. The van der Waals surface area contributed by atoms with E-state index in [-0.39, 0.29) is 34.2 Å². The van der Waals surface area contributed by atoms with Gasteiger partial charge in [0.15, 0.2) is 17.2 Å². The summed E-state index contributed by atoms with van der Waals surface area (Å²) >= 11 is 0. The molecule has 0 atom stereocenters. The van der Waals surface area contributed by atoms with Gasteiger partial charge in [0.1, 0.15) is 5.71 Å². The highest BCUT2D eigenvalue weighted by atomic mass is 16.6. The molecule has 0 aliphatic heterocycles. The standard InChI is InChI=1S/C13H12N4O4/c1-21-10-6-2-4-8(13(10)18)11(16-14)12-9(17(19)20)5-3-7-15-12/h2-7,18H,14H2,1H3/b16-11+. The first-order chi connectivity index (χ1) is 10.1. The number of para-hydroxylation sites is 1. The Morgan fingerprint density at radius 3 is 2.81 bits per heavy atom. The highest BCUT2D eigenvalue weighted by molar-refractivity contribution is 6.15. The second kappa shape index (κ2) is 5.87. The van der Waals surface area contributed by atoms with Crippen LogP contribution in [0.1, 0.15) is 11.3 Å². The number of nitro groups is 1. The van der Waals surface area contributed by atoms with Gasteiger partial charge in [0.05, 0.1) is 17.6 Å². The Morgan fingerprint density at radius 1 is 1.43 bits per heavy atom. The summed E-state index contributed by atoms with van der Waals surface area (Å²) in [6.07, 6.45) is 1.38. The smallest absolute Gasteiger partial charge is 0.297 e. The van der Waals surface area contributed by atoms with E-state index < -0.39 is 4.92 Å². The van der Waals surface area contributed by atoms with E-state index in [1.54, 1.807) is 12.1 Å². The van der Waals surface area contributed by atoms with Crippen LogP contribution in [-0.2, 0) is 0 Å². The molecule has 8 heteroatoms. The molecule has 0 spiro atoms. The number of aromatic hydroxyl groups is 1. The van der Waals surface area contributed by atoms with E-state index in [4.69, 9.17) is 10.6 Å². The molecular formula is C13H12N4O4. The number of rotatable bonds is 4. The van der Waals surface area contributed by atoms with Crippen molar-refractivity contribution >= 4 is 11.4 Å². The van der Waals surface area contributed by atoms with Gasteiger partial charge in [0, 0.05) is 12.3 Å². The fourth-order valence-electron chi connectivity index (χ4n) is 1.86. The SMILES string of the molecule is COc1cccc(/C(=N\N)c2ncccc2[N+](=O)[O-])c1O. The van der Waals surface area contributed by atoms with E-state index in [0.717, 1.165) is 0 Å². The lowest BCUT2D eigenvalue weighted by molar-refractivity contribution is -0.385. The zero-order chi connectivity index (χ0) is 15.4. The summed E-state index contributed by atoms with van der Waals surface area (Å²) in [4.78, 5) is 14.4. The Hall–Kier alpha value is -3.16. The number of hydrogen-bond donors (Lipinski definition) is 2. The molecule has 1 aromatic carbocycles. The van der Waals surface area contributed by atoms with Crippen LogP contribution in [0, 0.1) is 10.1 Å². The summed E-state index contributed by atoms with van der Waals surface area (Å²) in [5.74, 6) is 5.32. The topological polar surface area (TPSA) is 124 Å². The van der Waals surface area contributed by atoms with Crippen molar-refractivity contribution in [3.05, 3.63) is 57.9 Å². The number of phenols is 1. The zero-order valence-electron chi connectivity index (χ0n) is 11.1. The molecule has 0 fully saturated rings. The van der Waals surface area contributed by atoms with Crippen molar-refractivity contribution in [3.8, 4) is 11.5 Å². The Balaban J connectivity index is 2.65. The molecule has 0 aliphatic rings. The number of aromatic nitrogens is 1. The second-order valence-electron chi connectivity index (χ2n) is 3.96. The number of nitrogens with two attached hydrogens (primary N) is 1. The molecule has 0 amide bonds. The molecule has 0 radical (unpaired) electrons. The molecule has 0 saturated heterocycles. The minimum Gasteiger partial charge on any atom is -0.504 e. The van der Waals surface area contributed by atoms with E-state index in [1.165, 1.54) is 31.5 Å². The van der Waals surface area contributed by atoms with Crippen LogP contribution in [-0.4, -0.2) is 27.8 Å². The van der Waals surface area contributed by atoms with Gasteiger partial charge in [0.25, 0.3) is 5.69 Å². The van der Waals surface area contributed by atoms with E-state index >= 15 is 0 Å². The van der Waals surface area contributed by atoms with Crippen molar-refractivity contribution in [1.82, 2.24) is 4.98 Å². The van der Waals surface area contributed by atoms with Gasteiger partial charge in [0.2, 0.25) is 0 Å². The van der Waals surface area contributed by atoms with Gasteiger partial charge in [-0.3, -0.25) is 10.1 Å². The Labute approximate surface area is 119 Å². The lowest BCUT2D eigenvalue weighted by Crippen LogP contribution is -2.12. The molecule has 2 aromatic rings. The number of methoxy groups -OCH3 is 1. The summed E-state index contributed by atoms with van der Waals surface area (Å²) in [5, 5.41) is 24.7. The third-order valence-corrected chi connectivity index (χ3v) is 2.81. The first-order valence-corrected chi connectivity index (χ1v) is 5.84. The average Bonchev–Trinajstić information content (AvgIpc) is 2.50. The van der Waals surface area contributed by atoms with Crippen molar-refractivity contribution < 1.29 is 14.8 Å². The van der Waals surface area contributed by atoms with Crippen molar-refractivity contribution in [2.45, 2.75) is 0 Å². The van der Waals surface area contributed by atoms with E-state index in [9.17, 15) is 15.2 Å². The first-order valence-electron chi connectivity index (χ1n) is 5.84. The highest BCUT2D eigenvalue weighted by Crippen LogP contribution is 2.32. The minimum atomic E-state index is -0.593. The van der Waals surface area contributed by atoms with Gasteiger partial charge in [-0.05, 0) is 18.2 Å². The van der Waals surface area contributed by atoms with Gasteiger partial charge in [-0.15, -0.1) is 0 Å². The van der Waals surface area contributed by atoms with Crippen molar-refractivity contribution in [2.75, 3.05) is 7.11 Å². The summed E-state index contributed by atoms with van der Waals surface area (Å²) in [6, 6.07) is 7.38. The van der Waals surface area contributed by atoms with Crippen LogP contribution >= 0.6 is 0 Å². The third-order valence-electron chi connectivity index (χ3n) is 2.81. The predicted octanol–water partition coefficient (Wildman–Crippen LogP) is 1.42. The fraction of sp³-hybridized carbons (Fsp3) is 0.0769. The molecule has 21 heavy (non-hydrogen) atoms. The molecule has 0 aliphatic carbocycles. The highest BCUT2D eigenvalue weighted by Gasteiger charge is 2.24. The number of phenolic OH excluding ortho intramolecular Hbond substituents is 1. The number of hydrogen-bond acceptors (Lipinski definition) is 7. The summed E-state index contributed by atoms with van der Waals surface area (Å²) in [6.45, 7) is 0. The number of ether oxygens (including phenoxy) is 1. The molecule has 108 valence electrons. The van der Waals surface area contributed by atoms with Gasteiger partial charge < -0.3 is 15.7 Å². The van der Waals surface area contributed by atoms with Gasteiger partial charge >= 0.3 is 0 Å². The van der Waals surface area contributed by atoms with Crippen molar-refractivity contribution in [3.63, 3.8) is 0 Å². The minimum absolute atomic E-state index is 0.00120. The van der Waals surface area contributed by atoms with Crippen LogP contribution in [0.4, 0.5) is 5.69 Å². The zero-order valence-corrected chi connectivity index (χ0v) is 11.1. The Bertz CT molecular complexity index is 715. The average molecular weight is 288 g/mol. The molecule has 0 unspecified atom stereocenters. The number of nitrogens with zero attached hydrogens (tertiary/aromatic N) is 3. The normalized spacial score (nSPS) is 11.2. The first kappa shape index (κ1) is 14.3. The molecular weight excluding hydrogens is 276 g/mol. The van der Waals surface area contributed by atoms with E-state index in [0.29, 0.717) is 0 Å². The van der Waals surface area contributed by atoms with E-state index in [2.05, 4.69) is 10.1 Å². The van der Waals surface area contributed by atoms with Crippen LogP contribution < -0.4 is 10.6 Å². The maximum Gasteiger partial charge on any atom is 0.297 e. The molecule has 8 nitrogen and oxygen atoms in total. The van der Waals surface area contributed by atoms with Crippen LogP contribution in [0.15, 0.2) is 41.6 Å². The van der Waals surface area contributed by atoms with Crippen LogP contribution in [0.2, 0.25) is 0 Å². The van der Waals surface area contributed by atoms with E-state index in [1.807, 2.05) is 0 Å². The maximum absolute atomic E-state index is 11.1. The molecule has 3 N–H and O–H groups in total. The molecule has 1 aromatic heterocycles. The summed E-state index contributed by atoms with van der Waals surface area (Å²) in [7, 11) is 1.39. The lowest BCUT2D eigenvalue weighted by atomic mass is 10.0. The predicted molar refractivity (Wildman–Crippen MR) is 75.4 cm³/mol. The largest absolute Gasteiger partial charge is 0.504 e. The molecule has 2 rings (SSSR count). The Kier molecular flexibility index (Phi) is 3.98. The summed E-state index contributed by atoms with van der Waals surface area (Å²) in [5.41, 5.74) is -0.102. The molecule has 0 bridgehead atoms. The van der Waals surface area contributed by atoms with Crippen LogP contribution in [0.25, 0.3) is 0 Å². The van der Waals surface area contributed by atoms with Crippen LogP contribution in [0.5, 0.6) is 11.5 Å². The quantitative estimate of drug-likeness (QED) is 0.379. The number of hydrazone groups is 1. The molecule has 0 saturated carbocycles. The van der Waals surface area contributed by atoms with Crippen molar-refractivity contribution in [1.29, 1.82) is 0 Å². The van der Waals surface area contributed by atoms with Crippen LogP contribution in [0.3, 0.4) is 0 Å². The lowest BCUT2D eigenvalue weighted by Gasteiger charge is -2.10. The van der Waals surface area contributed by atoms with Crippen molar-refractivity contribution in [2.24, 2.45) is 10.9 Å². The van der Waals surface area contributed by atoms with Gasteiger partial charge in [-0.25, -0.2) is 4.98 Å². The maximum atomic E-state index is 11.1. The van der Waals surface area contributed by atoms with Gasteiger partial charge in [-0.1, -0.05) is 6.07 Å². The summed E-state index contributed by atoms with van der Waals surface area (Å²) < 4.78 is 4.99.